The molecular weight excluding hydrogens is 386 g/mol. The number of ether oxygens (including phenoxy) is 3. The van der Waals surface area contributed by atoms with Crippen molar-refractivity contribution in [2.24, 2.45) is 0 Å². The average Bonchev–Trinajstić information content (AvgIpc) is 3.23. The van der Waals surface area contributed by atoms with Gasteiger partial charge in [-0.2, -0.15) is 5.10 Å². The fourth-order valence-electron chi connectivity index (χ4n) is 2.90. The zero-order valence-corrected chi connectivity index (χ0v) is 17.5. The van der Waals surface area contributed by atoms with Crippen LogP contribution in [0.2, 0.25) is 0 Å². The summed E-state index contributed by atoms with van der Waals surface area (Å²) in [6, 6.07) is 10.8. The Morgan fingerprint density at radius 3 is 2.37 bits per heavy atom. The van der Waals surface area contributed by atoms with E-state index >= 15 is 0 Å². The lowest BCUT2D eigenvalue weighted by atomic mass is 10.2. The minimum atomic E-state index is -0.127. The predicted octanol–water partition coefficient (Wildman–Crippen LogP) is 2.39. The Hall–Kier alpha value is -3.62. The summed E-state index contributed by atoms with van der Waals surface area (Å²) in [6.07, 6.45) is 2.18. The van der Waals surface area contributed by atoms with Gasteiger partial charge in [-0.3, -0.25) is 4.79 Å². The molecule has 0 aliphatic rings. The highest BCUT2D eigenvalue weighted by Crippen LogP contribution is 2.18. The molecule has 0 aliphatic carbocycles. The van der Waals surface area contributed by atoms with Crippen LogP contribution in [0.4, 0.5) is 0 Å². The van der Waals surface area contributed by atoms with E-state index < -0.39 is 0 Å². The number of hydrogen-bond acceptors (Lipinski definition) is 7. The monoisotopic (exact) mass is 411 g/mol. The van der Waals surface area contributed by atoms with Crippen LogP contribution in [0, 0.1) is 0 Å². The Kier molecular flexibility index (Phi) is 6.84. The van der Waals surface area contributed by atoms with Crippen molar-refractivity contribution in [2.45, 2.75) is 13.3 Å². The number of amides is 1. The van der Waals surface area contributed by atoms with Gasteiger partial charge in [-0.05, 0) is 36.8 Å². The van der Waals surface area contributed by atoms with E-state index in [1.165, 1.54) is 7.11 Å². The number of carbonyl (C=O) groups excluding carboxylic acids is 1. The van der Waals surface area contributed by atoms with Gasteiger partial charge >= 0.3 is 0 Å². The molecule has 3 aromatic rings. The number of hydrogen-bond donors (Lipinski definition) is 0. The van der Waals surface area contributed by atoms with Crippen LogP contribution in [0.1, 0.15) is 23.0 Å². The summed E-state index contributed by atoms with van der Waals surface area (Å²) in [5.41, 5.74) is 1.30. The molecule has 2 aromatic heterocycles. The van der Waals surface area contributed by atoms with E-state index in [1.54, 1.807) is 42.1 Å². The fraction of sp³-hybridized carbons (Fsp3) is 0.333. The number of likely N-dealkylation sites (N-methyl/N-ethyl adjacent to an activating group) is 1. The maximum absolute atomic E-state index is 12.9. The maximum Gasteiger partial charge on any atom is 0.257 e. The molecule has 1 amide bonds. The van der Waals surface area contributed by atoms with Gasteiger partial charge in [0.05, 0.1) is 38.2 Å². The molecule has 0 saturated carbocycles. The van der Waals surface area contributed by atoms with Crippen molar-refractivity contribution in [1.82, 2.24) is 24.9 Å². The van der Waals surface area contributed by atoms with Gasteiger partial charge in [-0.1, -0.05) is 6.92 Å². The molecule has 0 spiro atoms. The molecule has 158 valence electrons. The molecule has 9 nitrogen and oxygen atoms in total. The van der Waals surface area contributed by atoms with Gasteiger partial charge in [0.1, 0.15) is 18.1 Å². The number of rotatable bonds is 9. The standard InChI is InChI=1S/C21H25N5O4/c1-5-18-17(14-22-26(18)19-10-11-20(29-4)24-23-19)21(27)25(2)12-13-30-16-8-6-15(28-3)7-9-16/h6-11,14H,5,12-13H2,1-4H3. The first kappa shape index (κ1) is 21.1. The van der Waals surface area contributed by atoms with Gasteiger partial charge in [0, 0.05) is 13.1 Å². The molecule has 0 saturated heterocycles. The molecule has 3 rings (SSSR count). The predicted molar refractivity (Wildman–Crippen MR) is 111 cm³/mol. The van der Waals surface area contributed by atoms with Crippen LogP contribution in [0.5, 0.6) is 17.4 Å². The van der Waals surface area contributed by atoms with E-state index in [0.29, 0.717) is 36.8 Å². The Morgan fingerprint density at radius 1 is 1.03 bits per heavy atom. The zero-order valence-electron chi connectivity index (χ0n) is 17.5. The second-order valence-electron chi connectivity index (χ2n) is 6.45. The van der Waals surface area contributed by atoms with Gasteiger partial charge in [-0.15, -0.1) is 10.2 Å². The summed E-state index contributed by atoms with van der Waals surface area (Å²) in [5, 5.41) is 12.4. The SMILES string of the molecule is CCc1c(C(=O)N(C)CCOc2ccc(OC)cc2)cnn1-c1ccc(OC)nn1. The van der Waals surface area contributed by atoms with E-state index in [4.69, 9.17) is 14.2 Å². The first-order valence-corrected chi connectivity index (χ1v) is 9.54. The smallest absolute Gasteiger partial charge is 0.257 e. The fourth-order valence-corrected chi connectivity index (χ4v) is 2.90. The highest BCUT2D eigenvalue weighted by molar-refractivity contribution is 5.95. The molecule has 30 heavy (non-hydrogen) atoms. The first-order valence-electron chi connectivity index (χ1n) is 9.54. The minimum absolute atomic E-state index is 0.127. The van der Waals surface area contributed by atoms with E-state index in [-0.39, 0.29) is 5.91 Å². The van der Waals surface area contributed by atoms with Crippen molar-refractivity contribution in [1.29, 1.82) is 0 Å². The lowest BCUT2D eigenvalue weighted by Crippen LogP contribution is -2.31. The number of aromatic nitrogens is 4. The number of methoxy groups -OCH3 is 2. The van der Waals surface area contributed by atoms with Crippen molar-refractivity contribution in [3.8, 4) is 23.2 Å². The Bertz CT molecular complexity index is 970. The average molecular weight is 411 g/mol. The van der Waals surface area contributed by atoms with Crippen molar-refractivity contribution in [3.05, 3.63) is 53.9 Å². The molecule has 0 aliphatic heterocycles. The number of carbonyl (C=O) groups is 1. The van der Waals surface area contributed by atoms with E-state index in [1.807, 2.05) is 31.2 Å². The Morgan fingerprint density at radius 2 is 1.77 bits per heavy atom. The lowest BCUT2D eigenvalue weighted by molar-refractivity contribution is 0.0772. The van der Waals surface area contributed by atoms with Crippen LogP contribution in [-0.4, -0.2) is 65.2 Å². The highest BCUT2D eigenvalue weighted by atomic mass is 16.5. The molecule has 1 aromatic carbocycles. The van der Waals surface area contributed by atoms with Gasteiger partial charge in [0.25, 0.3) is 5.91 Å². The number of nitrogens with zero attached hydrogens (tertiary/aromatic N) is 5. The van der Waals surface area contributed by atoms with Crippen molar-refractivity contribution in [3.63, 3.8) is 0 Å². The molecular formula is C21H25N5O4. The molecule has 0 N–H and O–H groups in total. The Labute approximate surface area is 175 Å². The van der Waals surface area contributed by atoms with Gasteiger partial charge < -0.3 is 19.1 Å². The summed E-state index contributed by atoms with van der Waals surface area (Å²) in [6.45, 7) is 2.77. The van der Waals surface area contributed by atoms with Crippen molar-refractivity contribution >= 4 is 5.91 Å². The third kappa shape index (κ3) is 4.68. The van der Waals surface area contributed by atoms with Crippen LogP contribution in [-0.2, 0) is 6.42 Å². The lowest BCUT2D eigenvalue weighted by Gasteiger charge is -2.18. The summed E-state index contributed by atoms with van der Waals surface area (Å²) in [4.78, 5) is 14.6. The number of benzene rings is 1. The van der Waals surface area contributed by atoms with Gasteiger partial charge in [0.15, 0.2) is 5.82 Å². The van der Waals surface area contributed by atoms with Crippen molar-refractivity contribution in [2.75, 3.05) is 34.4 Å². The highest BCUT2D eigenvalue weighted by Gasteiger charge is 2.21. The molecule has 0 atom stereocenters. The van der Waals surface area contributed by atoms with Crippen LogP contribution in [0.25, 0.3) is 5.82 Å². The van der Waals surface area contributed by atoms with E-state index in [9.17, 15) is 4.79 Å². The molecule has 0 fully saturated rings. The van der Waals surface area contributed by atoms with E-state index in [0.717, 1.165) is 17.2 Å². The van der Waals surface area contributed by atoms with Crippen molar-refractivity contribution < 1.29 is 19.0 Å². The molecule has 0 radical (unpaired) electrons. The Balaban J connectivity index is 1.65. The second kappa shape index (κ2) is 9.73. The minimum Gasteiger partial charge on any atom is -0.497 e. The zero-order chi connectivity index (χ0) is 21.5. The van der Waals surface area contributed by atoms with Gasteiger partial charge in [0.2, 0.25) is 5.88 Å². The first-order chi connectivity index (χ1) is 14.6. The van der Waals surface area contributed by atoms with E-state index in [2.05, 4.69) is 15.3 Å². The largest absolute Gasteiger partial charge is 0.497 e. The molecule has 0 bridgehead atoms. The summed E-state index contributed by atoms with van der Waals surface area (Å²) < 4.78 is 17.5. The third-order valence-corrected chi connectivity index (χ3v) is 4.59. The molecule has 0 unspecified atom stereocenters. The summed E-state index contributed by atoms with van der Waals surface area (Å²) in [7, 11) is 4.88. The normalized spacial score (nSPS) is 10.5. The topological polar surface area (TPSA) is 91.6 Å². The second-order valence-corrected chi connectivity index (χ2v) is 6.45. The summed E-state index contributed by atoms with van der Waals surface area (Å²) >= 11 is 0. The van der Waals surface area contributed by atoms with Crippen LogP contribution in [0.15, 0.2) is 42.6 Å². The van der Waals surface area contributed by atoms with Crippen LogP contribution >= 0.6 is 0 Å². The maximum atomic E-state index is 12.9. The summed E-state index contributed by atoms with van der Waals surface area (Å²) in [5.74, 6) is 2.30. The molecule has 2 heterocycles. The van der Waals surface area contributed by atoms with Gasteiger partial charge in [-0.25, -0.2) is 4.68 Å². The van der Waals surface area contributed by atoms with Crippen LogP contribution in [0.3, 0.4) is 0 Å². The quantitative estimate of drug-likeness (QED) is 0.534. The third-order valence-electron chi connectivity index (χ3n) is 4.59. The van der Waals surface area contributed by atoms with Crippen LogP contribution < -0.4 is 14.2 Å². The molecule has 9 heteroatoms.